The van der Waals surface area contributed by atoms with E-state index < -0.39 is 11.6 Å². The summed E-state index contributed by atoms with van der Waals surface area (Å²) in [5.74, 6) is -1.23. The van der Waals surface area contributed by atoms with Crippen molar-refractivity contribution in [1.82, 2.24) is 25.1 Å². The molecule has 4 rings (SSSR count). The molecule has 9 heteroatoms. The monoisotopic (exact) mass is 396 g/mol. The van der Waals surface area contributed by atoms with E-state index >= 15 is 0 Å². The number of nitrogens with one attached hydrogen (secondary N) is 1. The topological polar surface area (TPSA) is 83.9 Å². The number of aromatic nitrogens is 4. The SMILES string of the molecule is O=C(Nc1cccnn1)N1CCC(c2ccnc(-c3cccc(F)c3F)n2)CC1. The van der Waals surface area contributed by atoms with E-state index in [9.17, 15) is 13.6 Å². The maximum Gasteiger partial charge on any atom is 0.323 e. The molecule has 1 aliphatic heterocycles. The van der Waals surface area contributed by atoms with E-state index in [2.05, 4.69) is 25.5 Å². The summed E-state index contributed by atoms with van der Waals surface area (Å²) in [5.41, 5.74) is 0.792. The highest BCUT2D eigenvalue weighted by Crippen LogP contribution is 2.29. The summed E-state index contributed by atoms with van der Waals surface area (Å²) in [6, 6.07) is 8.86. The summed E-state index contributed by atoms with van der Waals surface area (Å²) in [6.45, 7) is 1.09. The predicted molar refractivity (Wildman–Crippen MR) is 102 cm³/mol. The van der Waals surface area contributed by atoms with Crippen molar-refractivity contribution < 1.29 is 13.6 Å². The Morgan fingerprint density at radius 3 is 2.66 bits per heavy atom. The van der Waals surface area contributed by atoms with Crippen LogP contribution < -0.4 is 5.32 Å². The van der Waals surface area contributed by atoms with Gasteiger partial charge < -0.3 is 4.90 Å². The normalized spacial score (nSPS) is 14.6. The van der Waals surface area contributed by atoms with Gasteiger partial charge in [-0.25, -0.2) is 23.5 Å². The number of piperidine rings is 1. The van der Waals surface area contributed by atoms with Crippen molar-refractivity contribution in [2.45, 2.75) is 18.8 Å². The van der Waals surface area contributed by atoms with Crippen molar-refractivity contribution in [3.63, 3.8) is 0 Å². The molecular formula is C20H18F2N6O. The van der Waals surface area contributed by atoms with Gasteiger partial charge in [-0.2, -0.15) is 5.10 Å². The molecule has 1 saturated heterocycles. The van der Waals surface area contributed by atoms with E-state index in [0.717, 1.165) is 11.8 Å². The van der Waals surface area contributed by atoms with Gasteiger partial charge in [-0.15, -0.1) is 5.10 Å². The third-order valence-corrected chi connectivity index (χ3v) is 4.88. The van der Waals surface area contributed by atoms with Gasteiger partial charge in [-0.1, -0.05) is 6.07 Å². The summed E-state index contributed by atoms with van der Waals surface area (Å²) < 4.78 is 27.6. The van der Waals surface area contributed by atoms with Crippen LogP contribution in [0, 0.1) is 11.6 Å². The number of benzene rings is 1. The van der Waals surface area contributed by atoms with Crippen molar-refractivity contribution >= 4 is 11.8 Å². The van der Waals surface area contributed by atoms with Gasteiger partial charge in [0.2, 0.25) is 0 Å². The molecule has 7 nitrogen and oxygen atoms in total. The molecule has 0 bridgehead atoms. The molecule has 0 saturated carbocycles. The van der Waals surface area contributed by atoms with Crippen LogP contribution in [0.5, 0.6) is 0 Å². The summed E-state index contributed by atoms with van der Waals surface area (Å²) in [7, 11) is 0. The largest absolute Gasteiger partial charge is 0.324 e. The zero-order valence-corrected chi connectivity index (χ0v) is 15.4. The van der Waals surface area contributed by atoms with Gasteiger partial charge in [-0.05, 0) is 43.2 Å². The van der Waals surface area contributed by atoms with Crippen molar-refractivity contribution in [2.75, 3.05) is 18.4 Å². The maximum atomic E-state index is 14.1. The van der Waals surface area contributed by atoms with Gasteiger partial charge in [0, 0.05) is 37.1 Å². The fraction of sp³-hybridized carbons (Fsp3) is 0.250. The molecule has 1 aliphatic rings. The van der Waals surface area contributed by atoms with Crippen LogP contribution >= 0.6 is 0 Å². The molecule has 2 amide bonds. The number of hydrogen-bond acceptors (Lipinski definition) is 5. The van der Waals surface area contributed by atoms with E-state index in [1.54, 1.807) is 29.3 Å². The fourth-order valence-corrected chi connectivity index (χ4v) is 3.34. The number of likely N-dealkylation sites (tertiary alicyclic amines) is 1. The fourth-order valence-electron chi connectivity index (χ4n) is 3.34. The van der Waals surface area contributed by atoms with Gasteiger partial charge in [0.15, 0.2) is 23.3 Å². The minimum atomic E-state index is -0.958. The average molecular weight is 396 g/mol. The predicted octanol–water partition coefficient (Wildman–Crippen LogP) is 3.62. The van der Waals surface area contributed by atoms with Crippen molar-refractivity contribution in [1.29, 1.82) is 0 Å². The Balaban J connectivity index is 1.42. The number of carbonyl (C=O) groups excluding carboxylic acids is 1. The summed E-state index contributed by atoms with van der Waals surface area (Å²) >= 11 is 0. The van der Waals surface area contributed by atoms with Crippen LogP contribution in [-0.2, 0) is 0 Å². The number of nitrogens with zero attached hydrogens (tertiary/aromatic N) is 5. The zero-order valence-electron chi connectivity index (χ0n) is 15.4. The Morgan fingerprint density at radius 2 is 1.90 bits per heavy atom. The standard InChI is InChI=1S/C20H18F2N6O/c21-15-4-1-3-14(18(15)22)19-23-10-6-16(25-19)13-7-11-28(12-8-13)20(29)26-17-5-2-9-24-27-17/h1-6,9-10,13H,7-8,11-12H2,(H,26,27,29). The molecule has 0 aliphatic carbocycles. The average Bonchev–Trinajstić information content (AvgIpc) is 2.76. The number of urea groups is 1. The van der Waals surface area contributed by atoms with Gasteiger partial charge in [0.1, 0.15) is 0 Å². The first-order chi connectivity index (χ1) is 14.1. The van der Waals surface area contributed by atoms with E-state index in [0.29, 0.717) is 31.7 Å². The van der Waals surface area contributed by atoms with Crippen LogP contribution in [0.4, 0.5) is 19.4 Å². The van der Waals surface area contributed by atoms with Gasteiger partial charge in [0.25, 0.3) is 0 Å². The molecule has 0 spiro atoms. The lowest BCUT2D eigenvalue weighted by Crippen LogP contribution is -2.40. The Labute approximate surface area is 165 Å². The smallest absolute Gasteiger partial charge is 0.323 e. The maximum absolute atomic E-state index is 14.1. The number of halogens is 2. The van der Waals surface area contributed by atoms with Crippen molar-refractivity contribution in [2.24, 2.45) is 0 Å². The minimum Gasteiger partial charge on any atom is -0.324 e. The van der Waals surface area contributed by atoms with Crippen LogP contribution in [-0.4, -0.2) is 44.2 Å². The van der Waals surface area contributed by atoms with E-state index in [4.69, 9.17) is 0 Å². The Kier molecular flexibility index (Phi) is 5.37. The first-order valence-corrected chi connectivity index (χ1v) is 9.23. The van der Waals surface area contributed by atoms with Crippen LogP contribution in [0.25, 0.3) is 11.4 Å². The highest BCUT2D eigenvalue weighted by molar-refractivity contribution is 5.88. The number of carbonyl (C=O) groups is 1. The van der Waals surface area contributed by atoms with Crippen LogP contribution in [0.3, 0.4) is 0 Å². The second-order valence-electron chi connectivity index (χ2n) is 6.71. The molecule has 29 heavy (non-hydrogen) atoms. The molecule has 148 valence electrons. The number of hydrogen-bond donors (Lipinski definition) is 1. The molecule has 3 aromatic rings. The first kappa shape index (κ1) is 18.9. The first-order valence-electron chi connectivity index (χ1n) is 9.23. The molecule has 3 heterocycles. The third kappa shape index (κ3) is 4.18. The highest BCUT2D eigenvalue weighted by Gasteiger charge is 2.25. The van der Waals surface area contributed by atoms with Crippen molar-refractivity contribution in [3.05, 3.63) is 66.1 Å². The van der Waals surface area contributed by atoms with E-state index in [-0.39, 0.29) is 23.3 Å². The van der Waals surface area contributed by atoms with Crippen LogP contribution in [0.2, 0.25) is 0 Å². The second kappa shape index (κ2) is 8.26. The third-order valence-electron chi connectivity index (χ3n) is 4.88. The Morgan fingerprint density at radius 1 is 1.07 bits per heavy atom. The number of rotatable bonds is 3. The summed E-state index contributed by atoms with van der Waals surface area (Å²) in [6.07, 6.45) is 4.49. The van der Waals surface area contributed by atoms with Gasteiger partial charge in [-0.3, -0.25) is 5.32 Å². The van der Waals surface area contributed by atoms with Gasteiger partial charge >= 0.3 is 6.03 Å². The second-order valence-corrected chi connectivity index (χ2v) is 6.71. The Hall–Kier alpha value is -3.49. The molecule has 1 fully saturated rings. The lowest BCUT2D eigenvalue weighted by atomic mass is 9.93. The van der Waals surface area contributed by atoms with E-state index in [1.807, 2.05) is 0 Å². The van der Waals surface area contributed by atoms with Crippen molar-refractivity contribution in [3.8, 4) is 11.4 Å². The number of anilines is 1. The molecule has 0 radical (unpaired) electrons. The number of amides is 2. The molecule has 1 aromatic carbocycles. The molecule has 2 aromatic heterocycles. The molecular weight excluding hydrogens is 378 g/mol. The van der Waals surface area contributed by atoms with Crippen LogP contribution in [0.15, 0.2) is 48.8 Å². The molecule has 1 N–H and O–H groups in total. The highest BCUT2D eigenvalue weighted by atomic mass is 19.2. The summed E-state index contributed by atoms with van der Waals surface area (Å²) in [4.78, 5) is 22.6. The lowest BCUT2D eigenvalue weighted by molar-refractivity contribution is 0.194. The van der Waals surface area contributed by atoms with Crippen LogP contribution in [0.1, 0.15) is 24.5 Å². The van der Waals surface area contributed by atoms with E-state index in [1.165, 1.54) is 18.3 Å². The molecule has 0 unspecified atom stereocenters. The quantitative estimate of drug-likeness (QED) is 0.731. The minimum absolute atomic E-state index is 0.0348. The summed E-state index contributed by atoms with van der Waals surface area (Å²) in [5, 5.41) is 10.3. The van der Waals surface area contributed by atoms with Gasteiger partial charge in [0.05, 0.1) is 5.56 Å². The molecule has 0 atom stereocenters. The Bertz CT molecular complexity index is 1010. The zero-order chi connectivity index (χ0) is 20.2. The lowest BCUT2D eigenvalue weighted by Gasteiger charge is -2.31.